The molecule has 0 saturated carbocycles. The number of carbonyl (C=O) groups excluding carboxylic acids is 3. The lowest BCUT2D eigenvalue weighted by molar-refractivity contribution is -0.127. The second kappa shape index (κ2) is 10.7. The Labute approximate surface area is 217 Å². The number of rotatable bonds is 6. The van der Waals surface area contributed by atoms with Gasteiger partial charge in [0.05, 0.1) is 29.8 Å². The van der Waals surface area contributed by atoms with Crippen molar-refractivity contribution >= 4 is 46.3 Å². The van der Waals surface area contributed by atoms with Gasteiger partial charge in [0.1, 0.15) is 18.1 Å². The zero-order chi connectivity index (χ0) is 25.8. The first kappa shape index (κ1) is 24.4. The molecule has 0 bridgehead atoms. The lowest BCUT2D eigenvalue weighted by atomic mass is 10.1. The number of hydrogen-bond donors (Lipinski definition) is 1. The quantitative estimate of drug-likeness (QED) is 0.483. The van der Waals surface area contributed by atoms with E-state index in [1.165, 1.54) is 6.08 Å². The van der Waals surface area contributed by atoms with E-state index in [2.05, 4.69) is 16.3 Å². The summed E-state index contributed by atoms with van der Waals surface area (Å²) in [6.45, 7) is 2.61. The summed E-state index contributed by atoms with van der Waals surface area (Å²) in [7, 11) is 0. The molecule has 186 valence electrons. The van der Waals surface area contributed by atoms with Crippen molar-refractivity contribution in [2.24, 2.45) is 0 Å². The predicted molar refractivity (Wildman–Crippen MR) is 140 cm³/mol. The van der Waals surface area contributed by atoms with E-state index in [-0.39, 0.29) is 11.4 Å². The van der Waals surface area contributed by atoms with Crippen molar-refractivity contribution in [3.63, 3.8) is 0 Å². The van der Waals surface area contributed by atoms with Crippen LogP contribution in [0.4, 0.5) is 16.2 Å². The van der Waals surface area contributed by atoms with Crippen LogP contribution >= 0.6 is 11.8 Å². The molecule has 3 heterocycles. The molecule has 2 fully saturated rings. The first-order valence-electron chi connectivity index (χ1n) is 11.6. The molecule has 0 unspecified atom stereocenters. The molecule has 2 aliphatic heterocycles. The van der Waals surface area contributed by atoms with Gasteiger partial charge in [-0.15, -0.1) is 0 Å². The number of thioether (sulfide) groups is 1. The fourth-order valence-corrected chi connectivity index (χ4v) is 4.80. The van der Waals surface area contributed by atoms with Crippen LogP contribution < -0.4 is 10.2 Å². The number of nitrogens with one attached hydrogen (secondary N) is 1. The standard InChI is InChI=1S/C27H22N4O5S/c28-16-18-1-3-19(4-2-18)23-10-9-22(36-23)15-24-26(33)31(27(34)37-24)17-25(32)29-20-5-7-21(8-6-20)30-11-13-35-14-12-30/h1-10,15H,11-14,17H2,(H,29,32)/b24-15+. The second-order valence-electron chi connectivity index (χ2n) is 8.35. The summed E-state index contributed by atoms with van der Waals surface area (Å²) in [4.78, 5) is 41.1. The zero-order valence-electron chi connectivity index (χ0n) is 19.7. The fourth-order valence-electron chi connectivity index (χ4n) is 3.98. The van der Waals surface area contributed by atoms with E-state index in [1.54, 1.807) is 48.5 Å². The molecule has 2 saturated heterocycles. The Morgan fingerprint density at radius 2 is 1.76 bits per heavy atom. The van der Waals surface area contributed by atoms with E-state index in [4.69, 9.17) is 14.4 Å². The van der Waals surface area contributed by atoms with Gasteiger partial charge in [0.2, 0.25) is 5.91 Å². The Morgan fingerprint density at radius 1 is 1.03 bits per heavy atom. The van der Waals surface area contributed by atoms with Gasteiger partial charge in [-0.25, -0.2) is 0 Å². The van der Waals surface area contributed by atoms with Gasteiger partial charge in [0.25, 0.3) is 11.1 Å². The molecular formula is C27H22N4O5S. The van der Waals surface area contributed by atoms with Gasteiger partial charge in [-0.1, -0.05) is 0 Å². The molecule has 0 aliphatic carbocycles. The second-order valence-corrected chi connectivity index (χ2v) is 9.35. The molecule has 0 atom stereocenters. The number of imide groups is 1. The number of ether oxygens (including phenoxy) is 1. The minimum atomic E-state index is -0.552. The first-order valence-corrected chi connectivity index (χ1v) is 12.4. The molecule has 2 aliphatic rings. The minimum absolute atomic E-state index is 0.174. The monoisotopic (exact) mass is 514 g/mol. The highest BCUT2D eigenvalue weighted by molar-refractivity contribution is 8.18. The van der Waals surface area contributed by atoms with Crippen molar-refractivity contribution < 1.29 is 23.5 Å². The Kier molecular flexibility index (Phi) is 7.07. The average Bonchev–Trinajstić information content (AvgIpc) is 3.50. The highest BCUT2D eigenvalue weighted by Gasteiger charge is 2.36. The number of amides is 3. The maximum absolute atomic E-state index is 12.8. The SMILES string of the molecule is N#Cc1ccc(-c2ccc(/C=C3/SC(=O)N(CC(=O)Nc4ccc(N5CCOCC5)cc4)C3=O)o2)cc1. The number of furan rings is 1. The van der Waals surface area contributed by atoms with E-state index in [1.807, 2.05) is 12.1 Å². The largest absolute Gasteiger partial charge is 0.457 e. The zero-order valence-corrected chi connectivity index (χ0v) is 20.5. The third kappa shape index (κ3) is 5.58. The normalized spacial score (nSPS) is 16.8. The van der Waals surface area contributed by atoms with Crippen molar-refractivity contribution in [3.05, 3.63) is 76.9 Å². The van der Waals surface area contributed by atoms with E-state index in [0.29, 0.717) is 36.0 Å². The van der Waals surface area contributed by atoms with Crippen molar-refractivity contribution in [3.8, 4) is 17.4 Å². The summed E-state index contributed by atoms with van der Waals surface area (Å²) in [6, 6.07) is 19.8. The molecule has 37 heavy (non-hydrogen) atoms. The van der Waals surface area contributed by atoms with Gasteiger partial charge in [-0.3, -0.25) is 19.3 Å². The highest BCUT2D eigenvalue weighted by Crippen LogP contribution is 2.33. The van der Waals surface area contributed by atoms with Gasteiger partial charge in [0.15, 0.2) is 0 Å². The van der Waals surface area contributed by atoms with Crippen LogP contribution in [-0.2, 0) is 14.3 Å². The van der Waals surface area contributed by atoms with Crippen molar-refractivity contribution in [1.82, 2.24) is 4.90 Å². The number of nitrogens with zero attached hydrogens (tertiary/aromatic N) is 3. The molecule has 1 aromatic heterocycles. The summed E-state index contributed by atoms with van der Waals surface area (Å²) in [5.74, 6) is -0.0587. The van der Waals surface area contributed by atoms with Gasteiger partial charge >= 0.3 is 0 Å². The Balaban J connectivity index is 1.20. The van der Waals surface area contributed by atoms with Crippen LogP contribution in [-0.4, -0.2) is 54.8 Å². The van der Waals surface area contributed by atoms with Gasteiger partial charge < -0.3 is 19.4 Å². The van der Waals surface area contributed by atoms with Crippen molar-refractivity contribution in [1.29, 1.82) is 5.26 Å². The lowest BCUT2D eigenvalue weighted by Crippen LogP contribution is -2.36. The van der Waals surface area contributed by atoms with Gasteiger partial charge in [-0.05, 0) is 72.4 Å². The maximum Gasteiger partial charge on any atom is 0.294 e. The molecule has 3 aromatic rings. The van der Waals surface area contributed by atoms with E-state index in [9.17, 15) is 14.4 Å². The van der Waals surface area contributed by atoms with Crippen LogP contribution in [0.2, 0.25) is 0 Å². The molecule has 5 rings (SSSR count). The third-order valence-corrected chi connectivity index (χ3v) is 6.81. The summed E-state index contributed by atoms with van der Waals surface area (Å²) >= 11 is 0.759. The van der Waals surface area contributed by atoms with E-state index in [0.717, 1.165) is 41.0 Å². The summed E-state index contributed by atoms with van der Waals surface area (Å²) < 4.78 is 11.2. The van der Waals surface area contributed by atoms with Crippen LogP contribution in [0.3, 0.4) is 0 Å². The van der Waals surface area contributed by atoms with Crippen LogP contribution in [0.5, 0.6) is 0 Å². The number of carbonyl (C=O) groups is 3. The molecular weight excluding hydrogens is 492 g/mol. The molecule has 2 aromatic carbocycles. The molecule has 10 heteroatoms. The summed E-state index contributed by atoms with van der Waals surface area (Å²) in [5.41, 5.74) is 2.94. The Bertz CT molecular complexity index is 1400. The minimum Gasteiger partial charge on any atom is -0.457 e. The van der Waals surface area contributed by atoms with Crippen LogP contribution in [0.15, 0.2) is 70.0 Å². The van der Waals surface area contributed by atoms with Crippen molar-refractivity contribution in [2.75, 3.05) is 43.1 Å². The smallest absolute Gasteiger partial charge is 0.294 e. The lowest BCUT2D eigenvalue weighted by Gasteiger charge is -2.28. The summed E-state index contributed by atoms with van der Waals surface area (Å²) in [5, 5.41) is 11.2. The van der Waals surface area contributed by atoms with Crippen LogP contribution in [0.25, 0.3) is 17.4 Å². The number of morpholine rings is 1. The maximum atomic E-state index is 12.8. The molecule has 0 spiro atoms. The number of nitriles is 1. The first-order chi connectivity index (χ1) is 18.0. The molecule has 3 amide bonds. The average molecular weight is 515 g/mol. The van der Waals surface area contributed by atoms with Gasteiger partial charge in [-0.2, -0.15) is 5.26 Å². The number of anilines is 2. The fraction of sp³-hybridized carbons (Fsp3) is 0.185. The topological polar surface area (TPSA) is 116 Å². The third-order valence-electron chi connectivity index (χ3n) is 5.90. The van der Waals surface area contributed by atoms with Crippen LogP contribution in [0.1, 0.15) is 11.3 Å². The highest BCUT2D eigenvalue weighted by atomic mass is 32.2. The predicted octanol–water partition coefficient (Wildman–Crippen LogP) is 4.33. The number of hydrogen-bond acceptors (Lipinski definition) is 8. The van der Waals surface area contributed by atoms with E-state index >= 15 is 0 Å². The Hall–Kier alpha value is -4.33. The molecule has 0 radical (unpaired) electrons. The van der Waals surface area contributed by atoms with Crippen LogP contribution in [0, 0.1) is 11.3 Å². The Morgan fingerprint density at radius 3 is 2.46 bits per heavy atom. The van der Waals surface area contributed by atoms with E-state index < -0.39 is 17.1 Å². The molecule has 1 N–H and O–H groups in total. The van der Waals surface area contributed by atoms with Crippen molar-refractivity contribution in [2.45, 2.75) is 0 Å². The summed E-state index contributed by atoms with van der Waals surface area (Å²) in [6.07, 6.45) is 1.49. The number of benzene rings is 2. The van der Waals surface area contributed by atoms with Gasteiger partial charge in [0, 0.05) is 36.1 Å². The molecule has 9 nitrogen and oxygen atoms in total.